The molecule has 0 bridgehead atoms. The Morgan fingerprint density at radius 1 is 1.43 bits per heavy atom. The summed E-state index contributed by atoms with van der Waals surface area (Å²) in [6.07, 6.45) is 1.16. The smallest absolute Gasteiger partial charge is 0.121 e. The highest BCUT2D eigenvalue weighted by atomic mass is 16.5. The minimum atomic E-state index is 0.141. The Hall–Kier alpha value is -1.55. The van der Waals surface area contributed by atoms with Crippen molar-refractivity contribution in [3.8, 4) is 5.75 Å². The van der Waals surface area contributed by atoms with Crippen LogP contribution in [0.15, 0.2) is 18.2 Å². The summed E-state index contributed by atoms with van der Waals surface area (Å²) in [7, 11) is 1.70. The summed E-state index contributed by atoms with van der Waals surface area (Å²) in [5, 5.41) is 3.53. The van der Waals surface area contributed by atoms with E-state index in [1.54, 1.807) is 7.11 Å². The Labute approximate surface area is 126 Å². The molecule has 0 radical (unpaired) electrons. The zero-order valence-corrected chi connectivity index (χ0v) is 13.4. The lowest BCUT2D eigenvalue weighted by Crippen LogP contribution is -2.37. The number of nitrogens with zero attached hydrogens (tertiary/aromatic N) is 2. The van der Waals surface area contributed by atoms with E-state index in [0.717, 1.165) is 37.3 Å². The van der Waals surface area contributed by atoms with Crippen LogP contribution in [0.2, 0.25) is 0 Å². The average molecular weight is 287 g/mol. The van der Waals surface area contributed by atoms with Gasteiger partial charge in [0.2, 0.25) is 0 Å². The van der Waals surface area contributed by atoms with Gasteiger partial charge in [-0.25, -0.2) is 4.98 Å². The molecule has 1 aliphatic heterocycles. The first-order valence-electron chi connectivity index (χ1n) is 7.88. The van der Waals surface area contributed by atoms with Crippen molar-refractivity contribution in [1.82, 2.24) is 14.9 Å². The summed E-state index contributed by atoms with van der Waals surface area (Å²) >= 11 is 0. The molecule has 3 rings (SSSR count). The fourth-order valence-corrected chi connectivity index (χ4v) is 3.59. The Bertz CT molecular complexity index is 639. The molecule has 1 N–H and O–H groups in total. The highest BCUT2D eigenvalue weighted by Gasteiger charge is 2.42. The highest BCUT2D eigenvalue weighted by molar-refractivity contribution is 5.78. The molecular weight excluding hydrogens is 262 g/mol. The van der Waals surface area contributed by atoms with Crippen LogP contribution in [0.3, 0.4) is 0 Å². The molecule has 0 saturated carbocycles. The number of rotatable bonds is 4. The third kappa shape index (κ3) is 2.13. The lowest BCUT2D eigenvalue weighted by Gasteiger charge is -2.32. The molecule has 1 atom stereocenters. The lowest BCUT2D eigenvalue weighted by atomic mass is 9.75. The maximum atomic E-state index is 5.34. The molecule has 1 fully saturated rings. The Morgan fingerprint density at radius 2 is 2.24 bits per heavy atom. The molecule has 21 heavy (non-hydrogen) atoms. The minimum Gasteiger partial charge on any atom is -0.497 e. The van der Waals surface area contributed by atoms with Crippen LogP contribution >= 0.6 is 0 Å². The minimum absolute atomic E-state index is 0.141. The predicted molar refractivity (Wildman–Crippen MR) is 86.0 cm³/mol. The molecule has 0 spiro atoms. The van der Waals surface area contributed by atoms with Gasteiger partial charge in [0.15, 0.2) is 0 Å². The number of ether oxygens (including phenoxy) is 1. The topological polar surface area (TPSA) is 39.1 Å². The zero-order chi connectivity index (χ0) is 15.0. The number of methoxy groups -OCH3 is 1. The van der Waals surface area contributed by atoms with Crippen molar-refractivity contribution in [2.45, 2.75) is 39.2 Å². The maximum Gasteiger partial charge on any atom is 0.121 e. The second kappa shape index (κ2) is 5.34. The number of fused-ring (bicyclic) bond motifs is 1. The summed E-state index contributed by atoms with van der Waals surface area (Å²) in [5.41, 5.74) is 2.39. The maximum absolute atomic E-state index is 5.34. The van der Waals surface area contributed by atoms with Gasteiger partial charge in [0.25, 0.3) is 0 Å². The van der Waals surface area contributed by atoms with Gasteiger partial charge in [0.1, 0.15) is 11.6 Å². The van der Waals surface area contributed by atoms with Gasteiger partial charge in [-0.2, -0.15) is 0 Å². The second-order valence-electron chi connectivity index (χ2n) is 6.27. The summed E-state index contributed by atoms with van der Waals surface area (Å²) in [6.45, 7) is 9.87. The SMILES string of the molecule is CCn1c(C2(C(C)C)CCNC2)nc2cc(OC)ccc21. The fourth-order valence-electron chi connectivity index (χ4n) is 3.59. The molecule has 4 heteroatoms. The van der Waals surface area contributed by atoms with Gasteiger partial charge in [-0.1, -0.05) is 13.8 Å². The largest absolute Gasteiger partial charge is 0.497 e. The molecule has 2 heterocycles. The first-order valence-corrected chi connectivity index (χ1v) is 7.88. The predicted octanol–water partition coefficient (Wildman–Crippen LogP) is 2.95. The number of nitrogens with one attached hydrogen (secondary N) is 1. The van der Waals surface area contributed by atoms with E-state index in [4.69, 9.17) is 9.72 Å². The van der Waals surface area contributed by atoms with E-state index < -0.39 is 0 Å². The molecule has 1 aliphatic rings. The fraction of sp³-hybridized carbons (Fsp3) is 0.588. The molecule has 1 aromatic heterocycles. The van der Waals surface area contributed by atoms with Gasteiger partial charge < -0.3 is 14.6 Å². The number of aryl methyl sites for hydroxylation is 1. The van der Waals surface area contributed by atoms with E-state index in [-0.39, 0.29) is 5.41 Å². The van der Waals surface area contributed by atoms with E-state index in [9.17, 15) is 0 Å². The molecule has 1 unspecified atom stereocenters. The molecule has 0 aliphatic carbocycles. The van der Waals surface area contributed by atoms with Crippen LogP contribution in [0.25, 0.3) is 11.0 Å². The molecule has 2 aromatic rings. The standard InChI is InChI=1S/C17H25N3O/c1-5-20-15-7-6-13(21-4)10-14(15)19-16(20)17(12(2)3)8-9-18-11-17/h6-7,10,12,18H,5,8-9,11H2,1-4H3. The quantitative estimate of drug-likeness (QED) is 0.939. The molecule has 114 valence electrons. The van der Waals surface area contributed by atoms with E-state index >= 15 is 0 Å². The Morgan fingerprint density at radius 3 is 2.81 bits per heavy atom. The van der Waals surface area contributed by atoms with Crippen LogP contribution in [-0.2, 0) is 12.0 Å². The summed E-state index contributed by atoms with van der Waals surface area (Å²) in [5.74, 6) is 2.67. The van der Waals surface area contributed by atoms with Crippen LogP contribution < -0.4 is 10.1 Å². The van der Waals surface area contributed by atoms with Crippen LogP contribution in [0.1, 0.15) is 33.0 Å². The monoisotopic (exact) mass is 287 g/mol. The second-order valence-corrected chi connectivity index (χ2v) is 6.27. The normalized spacial score (nSPS) is 22.3. The molecule has 0 amide bonds. The van der Waals surface area contributed by atoms with Gasteiger partial charge in [-0.3, -0.25) is 0 Å². The van der Waals surface area contributed by atoms with Crippen molar-refractivity contribution < 1.29 is 4.74 Å². The van der Waals surface area contributed by atoms with Crippen molar-refractivity contribution in [1.29, 1.82) is 0 Å². The van der Waals surface area contributed by atoms with Gasteiger partial charge in [0, 0.05) is 24.6 Å². The van der Waals surface area contributed by atoms with Crippen LogP contribution in [0.5, 0.6) is 5.75 Å². The lowest BCUT2D eigenvalue weighted by molar-refractivity contribution is 0.308. The zero-order valence-electron chi connectivity index (χ0n) is 13.4. The van der Waals surface area contributed by atoms with Crippen molar-refractivity contribution >= 4 is 11.0 Å². The summed E-state index contributed by atoms with van der Waals surface area (Å²) < 4.78 is 7.72. The van der Waals surface area contributed by atoms with Gasteiger partial charge in [-0.05, 0) is 37.9 Å². The van der Waals surface area contributed by atoms with Crippen molar-refractivity contribution in [3.05, 3.63) is 24.0 Å². The Balaban J connectivity index is 2.21. The van der Waals surface area contributed by atoms with Crippen LogP contribution in [-0.4, -0.2) is 29.8 Å². The number of imidazole rings is 1. The van der Waals surface area contributed by atoms with E-state index in [0.29, 0.717) is 5.92 Å². The summed E-state index contributed by atoms with van der Waals surface area (Å²) in [4.78, 5) is 5.01. The van der Waals surface area contributed by atoms with E-state index in [1.807, 2.05) is 12.1 Å². The summed E-state index contributed by atoms with van der Waals surface area (Å²) in [6, 6.07) is 6.20. The van der Waals surface area contributed by atoms with Gasteiger partial charge in [0.05, 0.1) is 18.1 Å². The van der Waals surface area contributed by atoms with E-state index in [2.05, 4.69) is 36.7 Å². The third-order valence-corrected chi connectivity index (χ3v) is 5.01. The van der Waals surface area contributed by atoms with Crippen LogP contribution in [0.4, 0.5) is 0 Å². The number of hydrogen-bond donors (Lipinski definition) is 1. The third-order valence-electron chi connectivity index (χ3n) is 5.01. The molecule has 4 nitrogen and oxygen atoms in total. The number of benzene rings is 1. The highest BCUT2D eigenvalue weighted by Crippen LogP contribution is 2.39. The average Bonchev–Trinajstić information content (AvgIpc) is 3.11. The van der Waals surface area contributed by atoms with Crippen molar-refractivity contribution in [3.63, 3.8) is 0 Å². The number of hydrogen-bond acceptors (Lipinski definition) is 3. The first kappa shape index (κ1) is 14.4. The number of aromatic nitrogens is 2. The van der Waals surface area contributed by atoms with Gasteiger partial charge >= 0.3 is 0 Å². The van der Waals surface area contributed by atoms with Gasteiger partial charge in [-0.15, -0.1) is 0 Å². The van der Waals surface area contributed by atoms with E-state index in [1.165, 1.54) is 11.3 Å². The molecule has 1 saturated heterocycles. The van der Waals surface area contributed by atoms with Crippen molar-refractivity contribution in [2.24, 2.45) is 5.92 Å². The van der Waals surface area contributed by atoms with Crippen LogP contribution in [0, 0.1) is 5.92 Å². The van der Waals surface area contributed by atoms with Crippen molar-refractivity contribution in [2.75, 3.05) is 20.2 Å². The molecular formula is C17H25N3O. The Kier molecular flexibility index (Phi) is 3.66. The molecule has 1 aromatic carbocycles. The first-order chi connectivity index (χ1) is 10.1.